The molecule has 116 valence electrons. The first-order valence-electron chi connectivity index (χ1n) is 7.29. The maximum atomic E-state index is 10.0. The highest BCUT2D eigenvalue weighted by atomic mass is 16.5. The molecule has 0 spiro atoms. The summed E-state index contributed by atoms with van der Waals surface area (Å²) in [6, 6.07) is 0. The van der Waals surface area contributed by atoms with Crippen molar-refractivity contribution in [1.82, 2.24) is 5.32 Å². The average molecular weight is 285 g/mol. The number of unbranched alkanes of at least 4 members (excludes halogenated alkanes) is 2. The number of allylic oxidation sites excluding steroid dienone is 1. The molecule has 0 amide bonds. The molecule has 1 unspecified atom stereocenters. The van der Waals surface area contributed by atoms with Crippen molar-refractivity contribution in [3.8, 4) is 0 Å². The molecule has 1 rings (SSSR count). The Labute approximate surface area is 121 Å². The highest BCUT2D eigenvalue weighted by molar-refractivity contribution is 5.66. The maximum absolute atomic E-state index is 10.0. The Hall–Kier alpha value is -1.36. The lowest BCUT2D eigenvalue weighted by atomic mass is 9.97. The lowest BCUT2D eigenvalue weighted by molar-refractivity contribution is -0.137. The van der Waals surface area contributed by atoms with Gasteiger partial charge in [0.15, 0.2) is 0 Å². The standard InChI is InChI=1S/C8H12O2.C7H15NO2/c9-7-10-6-8-4-2-1-3-5-8;1-8-6-4-2-3-5-7(9)10/h2,4,7-8H,1,3,5-6H2;8H,2-6H2,1H3,(H,9,10). The molecule has 2 N–H and O–H groups in total. The van der Waals surface area contributed by atoms with Crippen molar-refractivity contribution in [3.05, 3.63) is 12.2 Å². The lowest BCUT2D eigenvalue weighted by Gasteiger charge is -2.13. The Kier molecular flexibility index (Phi) is 13.1. The summed E-state index contributed by atoms with van der Waals surface area (Å²) in [5.41, 5.74) is 0. The number of carbonyl (C=O) groups is 2. The lowest BCUT2D eigenvalue weighted by Crippen LogP contribution is -2.08. The first-order valence-corrected chi connectivity index (χ1v) is 7.29. The summed E-state index contributed by atoms with van der Waals surface area (Å²) >= 11 is 0. The van der Waals surface area contributed by atoms with Gasteiger partial charge in [0.05, 0.1) is 6.61 Å². The molecule has 5 nitrogen and oxygen atoms in total. The number of aliphatic carboxylic acids is 1. The highest BCUT2D eigenvalue weighted by Crippen LogP contribution is 2.16. The largest absolute Gasteiger partial charge is 0.481 e. The topological polar surface area (TPSA) is 75.6 Å². The van der Waals surface area contributed by atoms with Crippen LogP contribution in [0, 0.1) is 5.92 Å². The van der Waals surface area contributed by atoms with Crippen LogP contribution < -0.4 is 5.32 Å². The normalized spacial score (nSPS) is 16.9. The van der Waals surface area contributed by atoms with Gasteiger partial charge in [-0.25, -0.2) is 0 Å². The monoisotopic (exact) mass is 285 g/mol. The molecule has 20 heavy (non-hydrogen) atoms. The summed E-state index contributed by atoms with van der Waals surface area (Å²) in [4.78, 5) is 19.8. The fraction of sp³-hybridized carbons (Fsp3) is 0.733. The van der Waals surface area contributed by atoms with Crippen LogP contribution in [0.2, 0.25) is 0 Å². The number of rotatable bonds is 9. The van der Waals surface area contributed by atoms with E-state index >= 15 is 0 Å². The Morgan fingerprint density at radius 3 is 2.80 bits per heavy atom. The second kappa shape index (κ2) is 14.1. The first kappa shape index (κ1) is 18.6. The van der Waals surface area contributed by atoms with Gasteiger partial charge in [0.25, 0.3) is 6.47 Å². The van der Waals surface area contributed by atoms with E-state index in [0.717, 1.165) is 32.2 Å². The zero-order valence-corrected chi connectivity index (χ0v) is 12.3. The number of hydrogen-bond acceptors (Lipinski definition) is 4. The van der Waals surface area contributed by atoms with Crippen molar-refractivity contribution < 1.29 is 19.4 Å². The molecule has 0 saturated carbocycles. The molecule has 0 aromatic heterocycles. The van der Waals surface area contributed by atoms with E-state index in [4.69, 9.17) is 5.11 Å². The van der Waals surface area contributed by atoms with Crippen molar-refractivity contribution in [2.45, 2.75) is 44.9 Å². The molecule has 0 aromatic carbocycles. The van der Waals surface area contributed by atoms with Gasteiger partial charge in [-0.2, -0.15) is 0 Å². The summed E-state index contributed by atoms with van der Waals surface area (Å²) in [5, 5.41) is 11.3. The fourth-order valence-electron chi connectivity index (χ4n) is 1.94. The van der Waals surface area contributed by atoms with Gasteiger partial charge in [0, 0.05) is 12.3 Å². The molecule has 1 aliphatic rings. The Bertz CT molecular complexity index is 279. The summed E-state index contributed by atoms with van der Waals surface area (Å²) in [6.45, 7) is 2.06. The molecule has 1 atom stereocenters. The number of nitrogens with one attached hydrogen (secondary N) is 1. The van der Waals surface area contributed by atoms with Crippen LogP contribution in [0.15, 0.2) is 12.2 Å². The average Bonchev–Trinajstić information content (AvgIpc) is 2.46. The van der Waals surface area contributed by atoms with Crippen LogP contribution in [0.5, 0.6) is 0 Å². The molecule has 0 saturated heterocycles. The van der Waals surface area contributed by atoms with Crippen molar-refractivity contribution in [2.75, 3.05) is 20.2 Å². The third-order valence-electron chi connectivity index (χ3n) is 3.05. The Balaban J connectivity index is 0.000000361. The molecule has 1 aliphatic carbocycles. The predicted octanol–water partition coefficient (Wildman–Crippen LogP) is 2.37. The molecular formula is C15H27NO4. The van der Waals surface area contributed by atoms with E-state index in [-0.39, 0.29) is 0 Å². The number of carbonyl (C=O) groups excluding carboxylic acids is 1. The maximum Gasteiger partial charge on any atom is 0.303 e. The smallest absolute Gasteiger partial charge is 0.303 e. The molecule has 0 radical (unpaired) electrons. The summed E-state index contributed by atoms with van der Waals surface area (Å²) in [6.07, 6.45) is 11.0. The van der Waals surface area contributed by atoms with E-state index in [2.05, 4.69) is 22.2 Å². The molecule has 5 heteroatoms. The number of hydrogen-bond donors (Lipinski definition) is 2. The van der Waals surface area contributed by atoms with Gasteiger partial charge >= 0.3 is 5.97 Å². The van der Waals surface area contributed by atoms with E-state index in [9.17, 15) is 9.59 Å². The van der Waals surface area contributed by atoms with Crippen LogP contribution in [0.4, 0.5) is 0 Å². The molecule has 0 bridgehead atoms. The minimum Gasteiger partial charge on any atom is -0.481 e. The number of ether oxygens (including phenoxy) is 1. The van der Waals surface area contributed by atoms with Crippen LogP contribution in [0.25, 0.3) is 0 Å². The first-order chi connectivity index (χ1) is 9.70. The van der Waals surface area contributed by atoms with Gasteiger partial charge in [-0.3, -0.25) is 9.59 Å². The van der Waals surface area contributed by atoms with Crippen LogP contribution in [-0.4, -0.2) is 37.7 Å². The molecular weight excluding hydrogens is 258 g/mol. The van der Waals surface area contributed by atoms with E-state index in [1.54, 1.807) is 0 Å². The van der Waals surface area contributed by atoms with Crippen LogP contribution in [-0.2, 0) is 14.3 Å². The molecule has 0 fully saturated rings. The quantitative estimate of drug-likeness (QED) is 0.386. The minimum atomic E-state index is -0.690. The summed E-state index contributed by atoms with van der Waals surface area (Å²) in [7, 11) is 1.90. The van der Waals surface area contributed by atoms with Gasteiger partial charge in [0.1, 0.15) is 0 Å². The summed E-state index contributed by atoms with van der Waals surface area (Å²) < 4.78 is 4.64. The van der Waals surface area contributed by atoms with Gasteiger partial charge in [-0.05, 0) is 45.7 Å². The zero-order chi connectivity index (χ0) is 15.1. The number of carboxylic acids is 1. The second-order valence-electron chi connectivity index (χ2n) is 4.86. The molecule has 0 aliphatic heterocycles. The van der Waals surface area contributed by atoms with Gasteiger partial charge in [-0.15, -0.1) is 0 Å². The minimum absolute atomic E-state index is 0.309. The van der Waals surface area contributed by atoms with E-state index in [1.807, 2.05) is 7.05 Å². The van der Waals surface area contributed by atoms with Crippen LogP contribution >= 0.6 is 0 Å². The second-order valence-corrected chi connectivity index (χ2v) is 4.86. The van der Waals surface area contributed by atoms with Crippen LogP contribution in [0.1, 0.15) is 44.9 Å². The third-order valence-corrected chi connectivity index (χ3v) is 3.05. The summed E-state index contributed by atoms with van der Waals surface area (Å²) in [5.74, 6) is -0.219. The van der Waals surface area contributed by atoms with E-state index in [1.165, 1.54) is 12.8 Å². The van der Waals surface area contributed by atoms with E-state index in [0.29, 0.717) is 25.4 Å². The third kappa shape index (κ3) is 13.1. The van der Waals surface area contributed by atoms with Gasteiger partial charge in [-0.1, -0.05) is 18.6 Å². The molecule has 0 heterocycles. The van der Waals surface area contributed by atoms with Crippen molar-refractivity contribution in [3.63, 3.8) is 0 Å². The predicted molar refractivity (Wildman–Crippen MR) is 78.5 cm³/mol. The van der Waals surface area contributed by atoms with Crippen LogP contribution in [0.3, 0.4) is 0 Å². The van der Waals surface area contributed by atoms with E-state index < -0.39 is 5.97 Å². The zero-order valence-electron chi connectivity index (χ0n) is 12.3. The Morgan fingerprint density at radius 2 is 2.25 bits per heavy atom. The Morgan fingerprint density at radius 1 is 1.45 bits per heavy atom. The van der Waals surface area contributed by atoms with Gasteiger partial charge in [0.2, 0.25) is 0 Å². The van der Waals surface area contributed by atoms with Crippen molar-refractivity contribution >= 4 is 12.4 Å². The SMILES string of the molecule is CNCCCCCC(=O)O.O=COCC1C=CCCC1. The highest BCUT2D eigenvalue weighted by Gasteiger charge is 2.07. The van der Waals surface area contributed by atoms with Gasteiger partial charge < -0.3 is 15.2 Å². The number of carboxylic acid groups (broad SMARTS) is 1. The van der Waals surface area contributed by atoms with Crippen molar-refractivity contribution in [1.29, 1.82) is 0 Å². The molecule has 0 aromatic rings. The van der Waals surface area contributed by atoms with Crippen molar-refractivity contribution in [2.24, 2.45) is 5.92 Å². The fourth-order valence-corrected chi connectivity index (χ4v) is 1.94.